The van der Waals surface area contributed by atoms with E-state index in [1.807, 2.05) is 54.6 Å². The van der Waals surface area contributed by atoms with Gasteiger partial charge in [-0.3, -0.25) is 0 Å². The van der Waals surface area contributed by atoms with E-state index in [1.54, 1.807) is 33.4 Å². The lowest BCUT2D eigenvalue weighted by Crippen LogP contribution is -2.35. The van der Waals surface area contributed by atoms with Crippen LogP contribution in [0.1, 0.15) is 45.6 Å². The monoisotopic (exact) mass is 705 g/mol. The number of benzene rings is 3. The highest BCUT2D eigenvalue weighted by atomic mass is 79.9. The van der Waals surface area contributed by atoms with Crippen molar-refractivity contribution in [1.29, 1.82) is 0 Å². The maximum absolute atomic E-state index is 15.8. The molecule has 0 aliphatic carbocycles. The van der Waals surface area contributed by atoms with Gasteiger partial charge in [0.05, 0.1) is 48.5 Å². The molecule has 0 fully saturated rings. The fourth-order valence-electron chi connectivity index (χ4n) is 4.82. The zero-order chi connectivity index (χ0) is 32.7. The van der Waals surface area contributed by atoms with Crippen LogP contribution in [-0.2, 0) is 23.7 Å². The molecule has 4 aromatic rings. The average molecular weight is 707 g/mol. The Labute approximate surface area is 273 Å². The highest BCUT2D eigenvalue weighted by Crippen LogP contribution is 2.41. The van der Waals surface area contributed by atoms with Crippen molar-refractivity contribution in [3.05, 3.63) is 116 Å². The minimum Gasteiger partial charge on any atom is -0.497 e. The van der Waals surface area contributed by atoms with Crippen LogP contribution in [0, 0.1) is 5.82 Å². The molecule has 0 amide bonds. The molecule has 0 saturated carbocycles. The second-order valence-electron chi connectivity index (χ2n) is 10.2. The molecular formula is C33H32BrClF3N3O4. The van der Waals surface area contributed by atoms with Crippen molar-refractivity contribution in [3.8, 4) is 11.5 Å². The summed E-state index contributed by atoms with van der Waals surface area (Å²) in [4.78, 5) is 19.0. The van der Waals surface area contributed by atoms with Gasteiger partial charge < -0.3 is 24.4 Å². The minimum atomic E-state index is -3.68. The highest BCUT2D eigenvalue weighted by Gasteiger charge is 2.40. The Morgan fingerprint density at radius 3 is 2.07 bits per heavy atom. The maximum Gasteiger partial charge on any atom is 0.338 e. The second-order valence-corrected chi connectivity index (χ2v) is 11.3. The fourth-order valence-corrected chi connectivity index (χ4v) is 5.47. The van der Waals surface area contributed by atoms with Gasteiger partial charge in [-0.2, -0.15) is 8.78 Å². The molecule has 0 aliphatic heterocycles. The van der Waals surface area contributed by atoms with Crippen LogP contribution in [-0.4, -0.2) is 38.8 Å². The lowest BCUT2D eigenvalue weighted by molar-refractivity contribution is -0.00702. The molecule has 45 heavy (non-hydrogen) atoms. The summed E-state index contributed by atoms with van der Waals surface area (Å²) >= 11 is 9.05. The van der Waals surface area contributed by atoms with E-state index >= 15 is 8.78 Å². The summed E-state index contributed by atoms with van der Waals surface area (Å²) < 4.78 is 60.7. The van der Waals surface area contributed by atoms with Crippen molar-refractivity contribution in [2.45, 2.75) is 32.0 Å². The molecule has 0 bridgehead atoms. The first-order chi connectivity index (χ1) is 21.5. The van der Waals surface area contributed by atoms with Crippen molar-refractivity contribution in [2.24, 2.45) is 0 Å². The molecule has 1 atom stereocenters. The lowest BCUT2D eigenvalue weighted by atomic mass is 10.00. The maximum atomic E-state index is 15.8. The van der Waals surface area contributed by atoms with E-state index in [-0.39, 0.29) is 4.47 Å². The van der Waals surface area contributed by atoms with Crippen LogP contribution in [0.4, 0.5) is 19.0 Å². The Bertz CT molecular complexity index is 1580. The number of nitrogens with one attached hydrogen (secondary N) is 1. The molecule has 1 N–H and O–H groups in total. The van der Waals surface area contributed by atoms with Crippen molar-refractivity contribution in [1.82, 2.24) is 10.3 Å². The van der Waals surface area contributed by atoms with E-state index in [2.05, 4.69) is 35.9 Å². The predicted octanol–water partition coefficient (Wildman–Crippen LogP) is 8.09. The third-order valence-electron chi connectivity index (χ3n) is 7.21. The first-order valence-electron chi connectivity index (χ1n) is 13.8. The number of ether oxygens (including phenoxy) is 3. The normalized spacial score (nSPS) is 12.0. The lowest BCUT2D eigenvalue weighted by Gasteiger charge is -2.29. The summed E-state index contributed by atoms with van der Waals surface area (Å²) in [5.41, 5.74) is 1.14. The minimum absolute atomic E-state index is 0.373. The van der Waals surface area contributed by atoms with Gasteiger partial charge in [0.25, 0.3) is 5.92 Å². The number of nitrogens with zero attached hydrogens (tertiary/aromatic N) is 2. The molecule has 12 heteroatoms. The Morgan fingerprint density at radius 2 is 1.56 bits per heavy atom. The largest absolute Gasteiger partial charge is 0.497 e. The third-order valence-corrected chi connectivity index (χ3v) is 8.59. The van der Waals surface area contributed by atoms with Gasteiger partial charge in [-0.15, -0.1) is 0 Å². The number of anilines is 1. The van der Waals surface area contributed by atoms with Crippen molar-refractivity contribution >= 4 is 39.3 Å². The molecular weight excluding hydrogens is 675 g/mol. The number of hydrogen-bond acceptors (Lipinski definition) is 7. The molecule has 7 nitrogen and oxygen atoms in total. The van der Waals surface area contributed by atoms with E-state index < -0.39 is 46.4 Å². The number of methoxy groups -OCH3 is 3. The zero-order valence-electron chi connectivity index (χ0n) is 25.0. The molecule has 238 valence electrons. The summed E-state index contributed by atoms with van der Waals surface area (Å²) in [5, 5.41) is 2.26. The number of aromatic nitrogens is 1. The van der Waals surface area contributed by atoms with Crippen LogP contribution < -0.4 is 19.7 Å². The summed E-state index contributed by atoms with van der Waals surface area (Å²) in [6.45, 7) is 1.75. The molecule has 0 radical (unpaired) electrons. The molecule has 1 aromatic heterocycles. The van der Waals surface area contributed by atoms with Gasteiger partial charge in [-0.25, -0.2) is 14.2 Å². The smallest absolute Gasteiger partial charge is 0.338 e. The van der Waals surface area contributed by atoms with Crippen LogP contribution in [0.25, 0.3) is 0 Å². The molecule has 0 aliphatic rings. The SMILES string of the molecule is COC(=O)c1cc(F)c(Br)c(Cl)c1C(F)(F)CNC(C)c1cccnc1N(Cc1ccc(OC)cc1)Cc1ccc(OC)cc1. The first-order valence-corrected chi connectivity index (χ1v) is 15.0. The number of esters is 1. The van der Waals surface area contributed by atoms with Gasteiger partial charge in [0, 0.05) is 30.9 Å². The molecule has 1 unspecified atom stereocenters. The summed E-state index contributed by atoms with van der Waals surface area (Å²) in [5.74, 6) is -3.74. The number of rotatable bonds is 13. The number of hydrogen-bond donors (Lipinski definition) is 1. The third kappa shape index (κ3) is 8.08. The van der Waals surface area contributed by atoms with E-state index in [1.165, 1.54) is 0 Å². The molecule has 0 spiro atoms. The highest BCUT2D eigenvalue weighted by molar-refractivity contribution is 9.10. The van der Waals surface area contributed by atoms with Crippen LogP contribution in [0.15, 0.2) is 77.4 Å². The van der Waals surface area contributed by atoms with Gasteiger partial charge in [0.1, 0.15) is 23.1 Å². The summed E-state index contributed by atoms with van der Waals surface area (Å²) in [7, 11) is 4.22. The van der Waals surface area contributed by atoms with Gasteiger partial charge in [-0.1, -0.05) is 41.9 Å². The number of carbonyl (C=O) groups is 1. The Morgan fingerprint density at radius 1 is 1.00 bits per heavy atom. The van der Waals surface area contributed by atoms with Crippen LogP contribution in [0.2, 0.25) is 5.02 Å². The fraction of sp³-hybridized carbons (Fsp3) is 0.273. The van der Waals surface area contributed by atoms with Crippen molar-refractivity contribution in [3.63, 3.8) is 0 Å². The van der Waals surface area contributed by atoms with Gasteiger partial charge in [0.2, 0.25) is 0 Å². The van der Waals surface area contributed by atoms with Crippen LogP contribution >= 0.6 is 27.5 Å². The topological polar surface area (TPSA) is 72.9 Å². The predicted molar refractivity (Wildman–Crippen MR) is 171 cm³/mol. The standard InChI is InChI=1S/C33H32BrClF3N3O4/c1-20(40-19-33(37,38)28-26(32(42)45-4)16-27(36)29(34)30(28)35)25-6-5-15-39-31(25)41(17-21-7-11-23(43-2)12-8-21)18-22-9-13-24(44-3)14-10-22/h5-16,20,40H,17-19H2,1-4H3. The quantitative estimate of drug-likeness (QED) is 0.111. The molecule has 1 heterocycles. The molecule has 0 saturated heterocycles. The van der Waals surface area contributed by atoms with E-state index in [0.717, 1.165) is 29.7 Å². The first kappa shape index (κ1) is 34.1. The zero-order valence-corrected chi connectivity index (χ0v) is 27.4. The van der Waals surface area contributed by atoms with E-state index in [0.29, 0.717) is 30.5 Å². The Balaban J connectivity index is 1.65. The van der Waals surface area contributed by atoms with Gasteiger partial charge in [-0.05, 0) is 70.4 Å². The van der Waals surface area contributed by atoms with Crippen molar-refractivity contribution in [2.75, 3.05) is 32.8 Å². The van der Waals surface area contributed by atoms with Gasteiger partial charge in [0.15, 0.2) is 0 Å². The van der Waals surface area contributed by atoms with E-state index in [4.69, 9.17) is 21.1 Å². The number of alkyl halides is 2. The average Bonchev–Trinajstić information content (AvgIpc) is 3.05. The second kappa shape index (κ2) is 15.0. The van der Waals surface area contributed by atoms with E-state index in [9.17, 15) is 9.18 Å². The Hall–Kier alpha value is -3.80. The van der Waals surface area contributed by atoms with Crippen molar-refractivity contribution < 1.29 is 32.2 Å². The Kier molecular flexibility index (Phi) is 11.4. The van der Waals surface area contributed by atoms with Crippen LogP contribution in [0.5, 0.6) is 11.5 Å². The number of halogens is 5. The number of carbonyl (C=O) groups excluding carboxylic acids is 1. The van der Waals surface area contributed by atoms with Gasteiger partial charge >= 0.3 is 5.97 Å². The summed E-state index contributed by atoms with van der Waals surface area (Å²) in [6, 6.07) is 18.9. The molecule has 3 aromatic carbocycles. The molecule has 4 rings (SSSR count). The summed E-state index contributed by atoms with van der Waals surface area (Å²) in [6.07, 6.45) is 1.65. The van der Waals surface area contributed by atoms with Crippen LogP contribution in [0.3, 0.4) is 0 Å². The number of pyridine rings is 1.